The number of carbonyl (C=O) groups excluding carboxylic acids is 1. The predicted octanol–water partition coefficient (Wildman–Crippen LogP) is 1.49. The number of allylic oxidation sites excluding steroid dienone is 4. The molecule has 0 unspecified atom stereocenters. The van der Waals surface area contributed by atoms with Crippen LogP contribution < -0.4 is 0 Å². The van der Waals surface area contributed by atoms with Gasteiger partial charge in [0.05, 0.1) is 11.3 Å². The molecule has 3 nitrogen and oxygen atoms in total. The molecule has 0 bridgehead atoms. The lowest BCUT2D eigenvalue weighted by Crippen LogP contribution is -2.18. The molecule has 0 atom stereocenters. The zero-order chi connectivity index (χ0) is 9.68. The SMILES string of the molecule is CCN1C=CC=C/C1=C(/C=N)C=O. The van der Waals surface area contributed by atoms with Crippen molar-refractivity contribution >= 4 is 12.5 Å². The van der Waals surface area contributed by atoms with E-state index in [-0.39, 0.29) is 0 Å². The first kappa shape index (κ1) is 9.45. The van der Waals surface area contributed by atoms with Crippen molar-refractivity contribution < 1.29 is 4.79 Å². The van der Waals surface area contributed by atoms with Crippen LogP contribution in [0, 0.1) is 5.41 Å². The minimum absolute atomic E-state index is 0.405. The summed E-state index contributed by atoms with van der Waals surface area (Å²) in [7, 11) is 0. The highest BCUT2D eigenvalue weighted by molar-refractivity contribution is 6.01. The number of likely N-dealkylation sites (N-methyl/N-ethyl adjacent to an activating group) is 1. The van der Waals surface area contributed by atoms with Crippen LogP contribution in [0.1, 0.15) is 6.92 Å². The summed E-state index contributed by atoms with van der Waals surface area (Å²) in [6.45, 7) is 2.79. The molecule has 0 fully saturated rings. The predicted molar refractivity (Wildman–Crippen MR) is 52.5 cm³/mol. The Kier molecular flexibility index (Phi) is 3.20. The Morgan fingerprint density at radius 2 is 2.38 bits per heavy atom. The average Bonchev–Trinajstić information content (AvgIpc) is 2.20. The van der Waals surface area contributed by atoms with Gasteiger partial charge in [0.25, 0.3) is 0 Å². The molecule has 1 aliphatic rings. The van der Waals surface area contributed by atoms with E-state index in [1.165, 1.54) is 0 Å². The van der Waals surface area contributed by atoms with Gasteiger partial charge in [-0.3, -0.25) is 4.79 Å². The molecule has 13 heavy (non-hydrogen) atoms. The molecule has 3 heteroatoms. The maximum atomic E-state index is 10.6. The van der Waals surface area contributed by atoms with Gasteiger partial charge >= 0.3 is 0 Å². The van der Waals surface area contributed by atoms with E-state index in [0.29, 0.717) is 11.9 Å². The number of hydrogen-bond acceptors (Lipinski definition) is 3. The van der Waals surface area contributed by atoms with Crippen LogP contribution in [0.5, 0.6) is 0 Å². The van der Waals surface area contributed by atoms with Crippen molar-refractivity contribution in [3.8, 4) is 0 Å². The fourth-order valence-corrected chi connectivity index (χ4v) is 1.18. The average molecular weight is 176 g/mol. The van der Waals surface area contributed by atoms with Crippen LogP contribution in [0.4, 0.5) is 0 Å². The van der Waals surface area contributed by atoms with E-state index in [1.54, 1.807) is 0 Å². The summed E-state index contributed by atoms with van der Waals surface area (Å²) >= 11 is 0. The second-order valence-corrected chi connectivity index (χ2v) is 2.59. The highest BCUT2D eigenvalue weighted by Crippen LogP contribution is 2.14. The fraction of sp³-hybridized carbons (Fsp3) is 0.200. The van der Waals surface area contributed by atoms with E-state index in [1.807, 2.05) is 36.3 Å². The van der Waals surface area contributed by atoms with Gasteiger partial charge in [0.15, 0.2) is 6.29 Å². The van der Waals surface area contributed by atoms with Gasteiger partial charge < -0.3 is 10.3 Å². The zero-order valence-electron chi connectivity index (χ0n) is 7.53. The first-order chi connectivity index (χ1) is 6.33. The van der Waals surface area contributed by atoms with Crippen molar-refractivity contribution in [3.63, 3.8) is 0 Å². The molecule has 0 saturated heterocycles. The molecule has 1 N–H and O–H groups in total. The summed E-state index contributed by atoms with van der Waals surface area (Å²) in [6.07, 6.45) is 9.26. The lowest BCUT2D eigenvalue weighted by molar-refractivity contribution is -0.104. The van der Waals surface area contributed by atoms with Gasteiger partial charge in [-0.2, -0.15) is 0 Å². The van der Waals surface area contributed by atoms with Gasteiger partial charge in [-0.1, -0.05) is 6.08 Å². The van der Waals surface area contributed by atoms with E-state index >= 15 is 0 Å². The molecule has 0 amide bonds. The zero-order valence-corrected chi connectivity index (χ0v) is 7.53. The van der Waals surface area contributed by atoms with Gasteiger partial charge in [-0.15, -0.1) is 0 Å². The molecule has 0 aromatic heterocycles. The molecular formula is C10H12N2O. The summed E-state index contributed by atoms with van der Waals surface area (Å²) in [6, 6.07) is 0. The molecule has 0 aliphatic carbocycles. The molecule has 1 rings (SSSR count). The van der Waals surface area contributed by atoms with Gasteiger partial charge in [0, 0.05) is 19.0 Å². The highest BCUT2D eigenvalue weighted by Gasteiger charge is 2.08. The minimum Gasteiger partial charge on any atom is -0.348 e. The van der Waals surface area contributed by atoms with E-state index < -0.39 is 0 Å². The van der Waals surface area contributed by atoms with Gasteiger partial charge in [-0.25, -0.2) is 0 Å². The number of carbonyl (C=O) groups is 1. The Morgan fingerprint density at radius 1 is 1.62 bits per heavy atom. The minimum atomic E-state index is 0.405. The molecule has 68 valence electrons. The quantitative estimate of drug-likeness (QED) is 0.402. The van der Waals surface area contributed by atoms with Crippen molar-refractivity contribution in [3.05, 3.63) is 35.7 Å². The van der Waals surface area contributed by atoms with Crippen LogP contribution in [0.2, 0.25) is 0 Å². The number of hydrogen-bond donors (Lipinski definition) is 1. The van der Waals surface area contributed by atoms with Crippen LogP contribution in [0.3, 0.4) is 0 Å². The Hall–Kier alpha value is -1.64. The number of rotatable bonds is 3. The first-order valence-corrected chi connectivity index (χ1v) is 4.15. The third kappa shape index (κ3) is 1.93. The number of nitrogens with zero attached hydrogens (tertiary/aromatic N) is 1. The second-order valence-electron chi connectivity index (χ2n) is 2.59. The smallest absolute Gasteiger partial charge is 0.153 e. The van der Waals surface area contributed by atoms with Gasteiger partial charge in [-0.05, 0) is 19.1 Å². The van der Waals surface area contributed by atoms with Crippen LogP contribution in [0.25, 0.3) is 0 Å². The second kappa shape index (κ2) is 4.40. The van der Waals surface area contributed by atoms with Crippen LogP contribution in [0.15, 0.2) is 35.7 Å². The summed E-state index contributed by atoms with van der Waals surface area (Å²) in [5.74, 6) is 0. The van der Waals surface area contributed by atoms with Crippen molar-refractivity contribution in [2.75, 3.05) is 6.54 Å². The van der Waals surface area contributed by atoms with Crippen molar-refractivity contribution in [1.82, 2.24) is 4.90 Å². The van der Waals surface area contributed by atoms with Crippen molar-refractivity contribution in [1.29, 1.82) is 5.41 Å². The molecule has 0 spiro atoms. The monoisotopic (exact) mass is 176 g/mol. The van der Waals surface area contributed by atoms with Crippen LogP contribution in [-0.4, -0.2) is 23.9 Å². The topological polar surface area (TPSA) is 44.2 Å². The summed E-state index contributed by atoms with van der Waals surface area (Å²) in [5, 5.41) is 7.06. The summed E-state index contributed by atoms with van der Waals surface area (Å²) in [4.78, 5) is 12.5. The molecule has 1 aliphatic heterocycles. The highest BCUT2D eigenvalue weighted by atomic mass is 16.1. The van der Waals surface area contributed by atoms with Gasteiger partial charge in [0.2, 0.25) is 0 Å². The third-order valence-electron chi connectivity index (χ3n) is 1.86. The van der Waals surface area contributed by atoms with E-state index in [2.05, 4.69) is 0 Å². The molecule has 0 saturated carbocycles. The summed E-state index contributed by atoms with van der Waals surface area (Å²) in [5.41, 5.74) is 1.19. The fourth-order valence-electron chi connectivity index (χ4n) is 1.18. The third-order valence-corrected chi connectivity index (χ3v) is 1.86. The molecule has 1 heterocycles. The lowest BCUT2D eigenvalue weighted by Gasteiger charge is -2.22. The van der Waals surface area contributed by atoms with Crippen LogP contribution in [-0.2, 0) is 4.79 Å². The first-order valence-electron chi connectivity index (χ1n) is 4.15. The maximum Gasteiger partial charge on any atom is 0.153 e. The molecular weight excluding hydrogens is 164 g/mol. The standard InChI is InChI=1S/C10H12N2O/c1-2-12-6-4-3-5-10(12)9(7-11)8-13/h3-8,11H,2H2,1H3/b10-9+,11-7?. The lowest BCUT2D eigenvalue weighted by atomic mass is 10.1. The van der Waals surface area contributed by atoms with Crippen molar-refractivity contribution in [2.24, 2.45) is 0 Å². The van der Waals surface area contributed by atoms with E-state index in [9.17, 15) is 4.79 Å². The van der Waals surface area contributed by atoms with E-state index in [0.717, 1.165) is 18.5 Å². The Morgan fingerprint density at radius 3 is 2.92 bits per heavy atom. The largest absolute Gasteiger partial charge is 0.348 e. The Bertz CT molecular complexity index is 290. The normalized spacial score (nSPS) is 18.7. The van der Waals surface area contributed by atoms with Crippen LogP contribution >= 0.6 is 0 Å². The molecule has 0 aromatic carbocycles. The molecule has 0 aromatic rings. The number of aldehydes is 1. The maximum absolute atomic E-state index is 10.6. The molecule has 0 radical (unpaired) electrons. The Balaban J connectivity index is 3.07. The van der Waals surface area contributed by atoms with Crippen molar-refractivity contribution in [2.45, 2.75) is 6.92 Å². The summed E-state index contributed by atoms with van der Waals surface area (Å²) < 4.78 is 0. The van der Waals surface area contributed by atoms with E-state index in [4.69, 9.17) is 5.41 Å². The number of nitrogens with one attached hydrogen (secondary N) is 1. The Labute approximate surface area is 77.6 Å². The van der Waals surface area contributed by atoms with Gasteiger partial charge in [0.1, 0.15) is 0 Å².